The van der Waals surface area contributed by atoms with E-state index in [4.69, 9.17) is 4.43 Å². The number of allylic oxidation sites excluding steroid dienone is 2. The van der Waals surface area contributed by atoms with Crippen LogP contribution in [0.2, 0.25) is 19.6 Å². The van der Waals surface area contributed by atoms with Crippen molar-refractivity contribution >= 4 is 14.3 Å². The highest BCUT2D eigenvalue weighted by Crippen LogP contribution is 2.37. The van der Waals surface area contributed by atoms with Gasteiger partial charge in [0.05, 0.1) is 11.2 Å². The highest BCUT2D eigenvalue weighted by molar-refractivity contribution is 6.70. The van der Waals surface area contributed by atoms with Crippen molar-refractivity contribution in [2.45, 2.75) is 52.8 Å². The first-order chi connectivity index (χ1) is 7.63. The fourth-order valence-electron chi connectivity index (χ4n) is 2.09. The first-order valence-electron chi connectivity index (χ1n) is 6.26. The maximum atomic E-state index is 11.3. The second kappa shape index (κ2) is 4.84. The van der Waals surface area contributed by atoms with Gasteiger partial charge in [-0.3, -0.25) is 4.79 Å². The average Bonchev–Trinajstić information content (AvgIpc) is 2.15. The molecule has 0 fully saturated rings. The molecule has 0 aromatic heterocycles. The molecule has 1 rings (SSSR count). The van der Waals surface area contributed by atoms with Crippen LogP contribution in [0.1, 0.15) is 33.1 Å². The summed E-state index contributed by atoms with van der Waals surface area (Å²) in [5.41, 5.74) is -0.700. The van der Waals surface area contributed by atoms with Crippen molar-refractivity contribution in [3.8, 4) is 0 Å². The van der Waals surface area contributed by atoms with E-state index in [0.717, 1.165) is 25.0 Å². The van der Waals surface area contributed by atoms with Crippen LogP contribution in [-0.4, -0.2) is 19.4 Å². The Balaban J connectivity index is 2.83. The molecule has 98 valence electrons. The van der Waals surface area contributed by atoms with Crippen LogP contribution < -0.4 is 0 Å². The summed E-state index contributed by atoms with van der Waals surface area (Å²) >= 11 is 0. The molecular formula is C13H24O3Si. The fourth-order valence-corrected chi connectivity index (χ4v) is 3.05. The van der Waals surface area contributed by atoms with Gasteiger partial charge in [0, 0.05) is 6.42 Å². The van der Waals surface area contributed by atoms with Crippen molar-refractivity contribution in [2.75, 3.05) is 0 Å². The smallest absolute Gasteiger partial charge is 0.309 e. The molecule has 0 aromatic rings. The Hall–Kier alpha value is -0.773. The lowest BCUT2D eigenvalue weighted by molar-refractivity contribution is -0.149. The van der Waals surface area contributed by atoms with Crippen LogP contribution in [0, 0.1) is 11.3 Å². The zero-order valence-electron chi connectivity index (χ0n) is 11.5. The number of aliphatic carboxylic acids is 1. The normalized spacial score (nSPS) is 21.9. The summed E-state index contributed by atoms with van der Waals surface area (Å²) in [6.07, 6.45) is 4.97. The molecule has 0 heterocycles. The summed E-state index contributed by atoms with van der Waals surface area (Å²) in [5.74, 6) is 0.364. The molecule has 17 heavy (non-hydrogen) atoms. The van der Waals surface area contributed by atoms with Gasteiger partial charge in [0.25, 0.3) is 0 Å². The van der Waals surface area contributed by atoms with E-state index in [9.17, 15) is 9.90 Å². The van der Waals surface area contributed by atoms with Gasteiger partial charge in [0.1, 0.15) is 0 Å². The van der Waals surface area contributed by atoms with Crippen molar-refractivity contribution in [3.05, 3.63) is 11.8 Å². The van der Waals surface area contributed by atoms with Crippen LogP contribution in [-0.2, 0) is 9.22 Å². The van der Waals surface area contributed by atoms with Gasteiger partial charge in [0.2, 0.25) is 8.32 Å². The number of carbonyl (C=O) groups is 1. The molecule has 0 saturated carbocycles. The lowest BCUT2D eigenvalue weighted by atomic mass is 9.74. The number of hydrogen-bond acceptors (Lipinski definition) is 2. The molecule has 0 aliphatic heterocycles. The number of rotatable bonds is 4. The van der Waals surface area contributed by atoms with Crippen LogP contribution >= 0.6 is 0 Å². The van der Waals surface area contributed by atoms with Gasteiger partial charge >= 0.3 is 5.97 Å². The highest BCUT2D eigenvalue weighted by Gasteiger charge is 2.37. The zero-order chi connectivity index (χ0) is 13.3. The van der Waals surface area contributed by atoms with Crippen LogP contribution in [0.4, 0.5) is 0 Å². The van der Waals surface area contributed by atoms with E-state index in [1.165, 1.54) is 0 Å². The molecule has 4 heteroatoms. The Bertz CT molecular complexity index is 326. The first kappa shape index (κ1) is 14.3. The van der Waals surface area contributed by atoms with Gasteiger partial charge in [-0.25, -0.2) is 0 Å². The Labute approximate surface area is 105 Å². The Kier molecular flexibility index (Phi) is 4.07. The van der Waals surface area contributed by atoms with E-state index < -0.39 is 19.7 Å². The van der Waals surface area contributed by atoms with Gasteiger partial charge in [-0.15, -0.1) is 0 Å². The second-order valence-electron chi connectivity index (χ2n) is 6.37. The third-order valence-electron chi connectivity index (χ3n) is 3.24. The summed E-state index contributed by atoms with van der Waals surface area (Å²) in [7, 11) is -1.58. The zero-order valence-corrected chi connectivity index (χ0v) is 12.5. The molecule has 1 aliphatic rings. The number of carboxylic acid groups (broad SMARTS) is 1. The van der Waals surface area contributed by atoms with Crippen molar-refractivity contribution in [3.63, 3.8) is 0 Å². The van der Waals surface area contributed by atoms with Crippen LogP contribution in [0.15, 0.2) is 11.8 Å². The first-order valence-corrected chi connectivity index (χ1v) is 9.67. The minimum Gasteiger partial charge on any atom is -0.548 e. The Morgan fingerprint density at radius 2 is 2.06 bits per heavy atom. The highest BCUT2D eigenvalue weighted by atomic mass is 28.4. The molecule has 1 aliphatic carbocycles. The van der Waals surface area contributed by atoms with E-state index in [1.54, 1.807) is 13.8 Å². The van der Waals surface area contributed by atoms with Crippen molar-refractivity contribution in [1.82, 2.24) is 0 Å². The summed E-state index contributed by atoms with van der Waals surface area (Å²) in [6.45, 7) is 10.1. The number of hydrogen-bond donors (Lipinski definition) is 1. The van der Waals surface area contributed by atoms with E-state index in [1.807, 2.05) is 0 Å². The molecule has 1 N–H and O–H groups in total. The van der Waals surface area contributed by atoms with E-state index >= 15 is 0 Å². The molecule has 0 amide bonds. The summed E-state index contributed by atoms with van der Waals surface area (Å²) in [4.78, 5) is 11.3. The lowest BCUT2D eigenvalue weighted by Crippen LogP contribution is -2.34. The Morgan fingerprint density at radius 3 is 2.53 bits per heavy atom. The maximum absolute atomic E-state index is 11.3. The summed E-state index contributed by atoms with van der Waals surface area (Å²) in [6, 6.07) is 0. The lowest BCUT2D eigenvalue weighted by Gasteiger charge is -2.33. The third-order valence-corrected chi connectivity index (χ3v) is 4.12. The van der Waals surface area contributed by atoms with Gasteiger partial charge in [-0.05, 0) is 58.3 Å². The summed E-state index contributed by atoms with van der Waals surface area (Å²) < 4.78 is 5.99. The monoisotopic (exact) mass is 256 g/mol. The molecule has 0 radical (unpaired) electrons. The standard InChI is InChI=1S/C13H24O3Si/c1-13(2,12(14)15)10-7-6-8-11(9-10)16-17(3,4)5/h9-10H,6-8H2,1-5H3,(H,14,15). The molecule has 1 unspecified atom stereocenters. The molecule has 0 spiro atoms. The second-order valence-corrected chi connectivity index (χ2v) is 10.8. The molecule has 0 aromatic carbocycles. The molecule has 0 saturated heterocycles. The van der Waals surface area contributed by atoms with Crippen LogP contribution in [0.25, 0.3) is 0 Å². The minimum atomic E-state index is -1.58. The van der Waals surface area contributed by atoms with Crippen LogP contribution in [0.5, 0.6) is 0 Å². The minimum absolute atomic E-state index is 0.0834. The van der Waals surface area contributed by atoms with Gasteiger partial charge in [-0.2, -0.15) is 0 Å². The molecule has 3 nitrogen and oxygen atoms in total. The molecule has 1 atom stereocenters. The van der Waals surface area contributed by atoms with E-state index in [0.29, 0.717) is 0 Å². The Morgan fingerprint density at radius 1 is 1.47 bits per heavy atom. The maximum Gasteiger partial charge on any atom is 0.309 e. The predicted molar refractivity (Wildman–Crippen MR) is 71.3 cm³/mol. The quantitative estimate of drug-likeness (QED) is 0.781. The average molecular weight is 256 g/mol. The van der Waals surface area contributed by atoms with Gasteiger partial charge in [0.15, 0.2) is 0 Å². The fraction of sp³-hybridized carbons (Fsp3) is 0.769. The topological polar surface area (TPSA) is 46.5 Å². The largest absolute Gasteiger partial charge is 0.548 e. The van der Waals surface area contributed by atoms with Gasteiger partial charge < -0.3 is 9.53 Å². The molecular weight excluding hydrogens is 232 g/mol. The third kappa shape index (κ3) is 3.87. The van der Waals surface area contributed by atoms with E-state index in [-0.39, 0.29) is 5.92 Å². The van der Waals surface area contributed by atoms with E-state index in [2.05, 4.69) is 25.7 Å². The van der Waals surface area contributed by atoms with Crippen molar-refractivity contribution in [2.24, 2.45) is 11.3 Å². The van der Waals surface area contributed by atoms with Crippen molar-refractivity contribution < 1.29 is 14.3 Å². The van der Waals surface area contributed by atoms with Gasteiger partial charge in [-0.1, -0.05) is 0 Å². The SMILES string of the molecule is CC(C)(C(=O)O)C1C=C(O[Si](C)(C)C)CCC1. The number of carboxylic acids is 1. The summed E-state index contributed by atoms with van der Waals surface area (Å²) in [5, 5.41) is 9.25. The molecule has 0 bridgehead atoms. The predicted octanol–water partition coefficient (Wildman–Crippen LogP) is 3.63. The van der Waals surface area contributed by atoms with Crippen molar-refractivity contribution in [1.29, 1.82) is 0 Å². The van der Waals surface area contributed by atoms with Crippen LogP contribution in [0.3, 0.4) is 0 Å².